The number of benzene rings is 4. The zero-order valence-corrected chi connectivity index (χ0v) is 26.8. The van der Waals surface area contributed by atoms with Gasteiger partial charge in [0.1, 0.15) is 11.5 Å². The zero-order valence-electron chi connectivity index (χ0n) is 26.0. The van der Waals surface area contributed by atoms with E-state index in [0.717, 1.165) is 16.7 Å². The molecule has 5 aromatic rings. The third-order valence-corrected chi connectivity index (χ3v) is 8.16. The Kier molecular flexibility index (Phi) is 11.0. The van der Waals surface area contributed by atoms with E-state index >= 15 is 0 Å². The Hall–Kier alpha value is -5.36. The van der Waals surface area contributed by atoms with Gasteiger partial charge in [-0.25, -0.2) is 4.79 Å². The van der Waals surface area contributed by atoms with Crippen LogP contribution in [-0.4, -0.2) is 46.0 Å². The molecule has 5 rings (SSSR count). The minimum absolute atomic E-state index is 0.0869. The van der Waals surface area contributed by atoms with Crippen LogP contribution in [0.4, 0.5) is 16.2 Å². The standard InChI is InChI=1S/C36H35ClN4O7/c1-48-32-18-29(27(37)17-23(32)19-38-20-31(43)25-12-14-30(42)35-26(25)13-15-34(45)41-35)39-33(44)9-5-6-21-10-11-24(22-7-3-2-4-8-22)28(16-21)40-36(46)47/h2-4,7-8,10-18,31,38,40,42-43H,5-6,9,19-20H2,1H3,(H,39,44)(H,41,45)(H,46,47)/t31-/m1/s1. The number of aromatic hydroxyl groups is 1. The van der Waals surface area contributed by atoms with Crippen LogP contribution >= 0.6 is 11.6 Å². The summed E-state index contributed by atoms with van der Waals surface area (Å²) in [6, 6.07) is 24.3. The van der Waals surface area contributed by atoms with E-state index in [1.807, 2.05) is 42.5 Å². The fourth-order valence-corrected chi connectivity index (χ4v) is 5.76. The molecule has 1 heterocycles. The van der Waals surface area contributed by atoms with E-state index < -0.39 is 12.2 Å². The van der Waals surface area contributed by atoms with Gasteiger partial charge in [0, 0.05) is 48.2 Å². The van der Waals surface area contributed by atoms with Gasteiger partial charge in [-0.3, -0.25) is 14.9 Å². The van der Waals surface area contributed by atoms with Crippen LogP contribution in [0.5, 0.6) is 11.5 Å². The molecule has 1 atom stereocenters. The van der Waals surface area contributed by atoms with Crippen LogP contribution in [0, 0.1) is 0 Å². The third kappa shape index (κ3) is 8.31. The summed E-state index contributed by atoms with van der Waals surface area (Å²) in [6.45, 7) is 0.448. The molecule has 2 amide bonds. The summed E-state index contributed by atoms with van der Waals surface area (Å²) < 4.78 is 5.54. The highest BCUT2D eigenvalue weighted by Crippen LogP contribution is 2.33. The maximum atomic E-state index is 12.8. The number of methoxy groups -OCH3 is 1. The first kappa shape index (κ1) is 34.0. The van der Waals surface area contributed by atoms with Crippen LogP contribution < -0.4 is 26.2 Å². The Labute approximate surface area is 281 Å². The first-order valence-electron chi connectivity index (χ1n) is 15.2. The molecule has 0 fully saturated rings. The number of fused-ring (bicyclic) bond motifs is 1. The average Bonchev–Trinajstić information content (AvgIpc) is 3.06. The highest BCUT2D eigenvalue weighted by molar-refractivity contribution is 6.33. The van der Waals surface area contributed by atoms with Crippen LogP contribution in [-0.2, 0) is 17.8 Å². The molecule has 48 heavy (non-hydrogen) atoms. The van der Waals surface area contributed by atoms with E-state index in [9.17, 15) is 29.7 Å². The lowest BCUT2D eigenvalue weighted by molar-refractivity contribution is -0.116. The first-order chi connectivity index (χ1) is 23.1. The van der Waals surface area contributed by atoms with Crippen molar-refractivity contribution in [2.75, 3.05) is 24.3 Å². The van der Waals surface area contributed by atoms with Gasteiger partial charge >= 0.3 is 6.09 Å². The third-order valence-electron chi connectivity index (χ3n) is 7.84. The van der Waals surface area contributed by atoms with Gasteiger partial charge < -0.3 is 35.7 Å². The number of carbonyl (C=O) groups is 2. The number of carboxylic acid groups (broad SMARTS) is 1. The molecule has 0 saturated heterocycles. The Morgan fingerprint density at radius 2 is 1.75 bits per heavy atom. The average molecular weight is 671 g/mol. The summed E-state index contributed by atoms with van der Waals surface area (Å²) in [5.74, 6) is 0.164. The van der Waals surface area contributed by atoms with Crippen molar-refractivity contribution in [2.45, 2.75) is 31.9 Å². The number of amides is 2. The number of carbonyl (C=O) groups excluding carboxylic acids is 1. The minimum atomic E-state index is -1.15. The molecule has 0 saturated carbocycles. The Morgan fingerprint density at radius 3 is 2.50 bits per heavy atom. The van der Waals surface area contributed by atoms with E-state index in [4.69, 9.17) is 16.3 Å². The van der Waals surface area contributed by atoms with Crippen LogP contribution in [0.3, 0.4) is 0 Å². The second kappa shape index (κ2) is 15.5. The molecule has 0 aliphatic heterocycles. The van der Waals surface area contributed by atoms with Crippen molar-refractivity contribution < 1.29 is 29.6 Å². The number of halogens is 1. The second-order valence-corrected chi connectivity index (χ2v) is 11.6. The molecule has 11 nitrogen and oxygen atoms in total. The summed E-state index contributed by atoms with van der Waals surface area (Å²) in [5, 5.41) is 39.7. The van der Waals surface area contributed by atoms with Crippen molar-refractivity contribution >= 4 is 45.9 Å². The molecule has 4 aromatic carbocycles. The van der Waals surface area contributed by atoms with Crippen molar-refractivity contribution in [3.63, 3.8) is 0 Å². The molecule has 12 heteroatoms. The number of aliphatic hydroxyl groups excluding tert-OH is 1. The fraction of sp³-hybridized carbons (Fsp3) is 0.194. The normalized spacial score (nSPS) is 11.6. The van der Waals surface area contributed by atoms with Crippen molar-refractivity contribution in [3.05, 3.63) is 117 Å². The summed E-state index contributed by atoms with van der Waals surface area (Å²) in [4.78, 5) is 38.5. The van der Waals surface area contributed by atoms with Gasteiger partial charge in [-0.1, -0.05) is 60.1 Å². The maximum Gasteiger partial charge on any atom is 0.409 e. The number of pyridine rings is 1. The number of hydrogen-bond donors (Lipinski definition) is 7. The van der Waals surface area contributed by atoms with Crippen molar-refractivity contribution in [1.82, 2.24) is 10.3 Å². The smallest absolute Gasteiger partial charge is 0.409 e. The number of H-pyrrole nitrogens is 1. The number of phenols is 1. The summed E-state index contributed by atoms with van der Waals surface area (Å²) in [5.41, 5.74) is 4.56. The van der Waals surface area contributed by atoms with E-state index in [0.29, 0.717) is 58.0 Å². The van der Waals surface area contributed by atoms with Crippen molar-refractivity contribution in [3.8, 4) is 22.6 Å². The van der Waals surface area contributed by atoms with Gasteiger partial charge in [-0.15, -0.1) is 0 Å². The van der Waals surface area contributed by atoms with Crippen molar-refractivity contribution in [2.24, 2.45) is 0 Å². The zero-order chi connectivity index (χ0) is 34.2. The highest BCUT2D eigenvalue weighted by atomic mass is 35.5. The molecule has 0 radical (unpaired) electrons. The first-order valence-corrected chi connectivity index (χ1v) is 15.6. The molecule has 7 N–H and O–H groups in total. The number of aryl methyl sites for hydroxylation is 1. The SMILES string of the molecule is COc1cc(NC(=O)CCCc2ccc(-c3ccccc3)c(NC(=O)O)c2)c(Cl)cc1CNC[C@@H](O)c1ccc(O)c2[nH]c(=O)ccc12. The lowest BCUT2D eigenvalue weighted by atomic mass is 9.99. The van der Waals surface area contributed by atoms with Crippen LogP contribution in [0.25, 0.3) is 22.0 Å². The second-order valence-electron chi connectivity index (χ2n) is 11.2. The van der Waals surface area contributed by atoms with Crippen LogP contribution in [0.1, 0.15) is 35.6 Å². The molecule has 0 aliphatic carbocycles. The number of aromatic nitrogens is 1. The molecule has 0 unspecified atom stereocenters. The monoisotopic (exact) mass is 670 g/mol. The number of aliphatic hydroxyl groups is 1. The number of nitrogens with one attached hydrogen (secondary N) is 4. The molecule has 1 aromatic heterocycles. The number of aromatic amines is 1. The van der Waals surface area contributed by atoms with Gasteiger partial charge in [0.05, 0.1) is 35.1 Å². The molecule has 248 valence electrons. The predicted octanol–water partition coefficient (Wildman–Crippen LogP) is 6.44. The number of anilines is 2. The summed E-state index contributed by atoms with van der Waals surface area (Å²) in [7, 11) is 1.51. The Balaban J connectivity index is 1.17. The molecular formula is C36H35ClN4O7. The highest BCUT2D eigenvalue weighted by Gasteiger charge is 2.16. The topological polar surface area (TPSA) is 173 Å². The van der Waals surface area contributed by atoms with E-state index in [2.05, 4.69) is 20.9 Å². The lowest BCUT2D eigenvalue weighted by Crippen LogP contribution is -2.22. The van der Waals surface area contributed by atoms with Gasteiger partial charge in [0.2, 0.25) is 11.5 Å². The predicted molar refractivity (Wildman–Crippen MR) is 186 cm³/mol. The van der Waals surface area contributed by atoms with Gasteiger partial charge in [0.15, 0.2) is 0 Å². The molecule has 0 bridgehead atoms. The van der Waals surface area contributed by atoms with E-state index in [1.54, 1.807) is 30.3 Å². The Morgan fingerprint density at radius 1 is 0.958 bits per heavy atom. The van der Waals surface area contributed by atoms with Gasteiger partial charge in [-0.05, 0) is 53.8 Å². The molecule has 0 aliphatic rings. The number of phenolic OH excluding ortho intramolecular Hbond substituents is 1. The van der Waals surface area contributed by atoms with E-state index in [1.165, 1.54) is 19.2 Å². The Bertz CT molecular complexity index is 2000. The van der Waals surface area contributed by atoms with Gasteiger partial charge in [-0.2, -0.15) is 0 Å². The lowest BCUT2D eigenvalue weighted by Gasteiger charge is -2.17. The number of hydrogen-bond acceptors (Lipinski definition) is 7. The number of ether oxygens (including phenoxy) is 1. The van der Waals surface area contributed by atoms with E-state index in [-0.39, 0.29) is 35.7 Å². The van der Waals surface area contributed by atoms with Crippen LogP contribution in [0.15, 0.2) is 89.7 Å². The summed E-state index contributed by atoms with van der Waals surface area (Å²) in [6.07, 6.45) is -0.808. The minimum Gasteiger partial charge on any atom is -0.506 e. The largest absolute Gasteiger partial charge is 0.506 e. The quantitative estimate of drug-likeness (QED) is 0.0750. The van der Waals surface area contributed by atoms with Gasteiger partial charge in [0.25, 0.3) is 0 Å². The number of rotatable bonds is 13. The summed E-state index contributed by atoms with van der Waals surface area (Å²) >= 11 is 6.53. The molecular weight excluding hydrogens is 636 g/mol. The molecule has 0 spiro atoms. The van der Waals surface area contributed by atoms with Crippen molar-refractivity contribution in [1.29, 1.82) is 0 Å². The fourth-order valence-electron chi connectivity index (χ4n) is 5.52. The maximum absolute atomic E-state index is 12.8. The van der Waals surface area contributed by atoms with Crippen LogP contribution in [0.2, 0.25) is 5.02 Å².